The van der Waals surface area contributed by atoms with Crippen molar-refractivity contribution in [2.75, 3.05) is 5.32 Å². The predicted molar refractivity (Wildman–Crippen MR) is 140 cm³/mol. The fraction of sp³-hybridized carbons (Fsp3) is 0.321. The van der Waals surface area contributed by atoms with E-state index in [2.05, 4.69) is 21.5 Å². The van der Waals surface area contributed by atoms with Gasteiger partial charge in [0.15, 0.2) is 0 Å². The van der Waals surface area contributed by atoms with Crippen LogP contribution < -0.4 is 16.4 Å². The summed E-state index contributed by atoms with van der Waals surface area (Å²) in [4.78, 5) is 29.1. The first kappa shape index (κ1) is 27.1. The van der Waals surface area contributed by atoms with Crippen LogP contribution in [0.2, 0.25) is 0 Å². The summed E-state index contributed by atoms with van der Waals surface area (Å²) in [6, 6.07) is 9.98. The molecule has 0 aliphatic heterocycles. The number of aryl methyl sites for hydroxylation is 1. The maximum absolute atomic E-state index is 15.1. The van der Waals surface area contributed by atoms with Crippen molar-refractivity contribution in [2.45, 2.75) is 56.8 Å². The number of alkyl halides is 3. The van der Waals surface area contributed by atoms with Crippen molar-refractivity contribution >= 4 is 16.5 Å². The van der Waals surface area contributed by atoms with Crippen LogP contribution in [0, 0.1) is 17.1 Å². The molecule has 1 fully saturated rings. The van der Waals surface area contributed by atoms with E-state index in [1.165, 1.54) is 10.6 Å². The van der Waals surface area contributed by atoms with Crippen LogP contribution in [0.15, 0.2) is 58.5 Å². The Morgan fingerprint density at radius 2 is 1.98 bits per heavy atom. The van der Waals surface area contributed by atoms with Crippen molar-refractivity contribution in [1.82, 2.24) is 19.7 Å². The number of hydrogen-bond acceptors (Lipinski definition) is 6. The minimum absolute atomic E-state index is 0.0696. The third-order valence-electron chi connectivity index (χ3n) is 7.18. The van der Waals surface area contributed by atoms with E-state index in [1.807, 2.05) is 6.07 Å². The molecule has 0 spiro atoms. The molecule has 0 amide bonds. The molecule has 3 heterocycles. The van der Waals surface area contributed by atoms with Crippen molar-refractivity contribution in [1.29, 1.82) is 5.26 Å². The Balaban J connectivity index is 1.28. The van der Waals surface area contributed by atoms with Crippen LogP contribution in [0.25, 0.3) is 22.0 Å². The molecule has 0 radical (unpaired) electrons. The highest BCUT2D eigenvalue weighted by atomic mass is 19.4. The number of halogens is 4. The maximum Gasteiger partial charge on any atom is 0.423 e. The monoisotopic (exact) mass is 552 g/mol. The summed E-state index contributed by atoms with van der Waals surface area (Å²) < 4.78 is 56.3. The van der Waals surface area contributed by atoms with Gasteiger partial charge in [-0.2, -0.15) is 23.5 Å². The zero-order valence-corrected chi connectivity index (χ0v) is 21.3. The average Bonchev–Trinajstić information content (AvgIpc) is 3.70. The second-order valence-corrected chi connectivity index (χ2v) is 10.0. The molecule has 1 unspecified atom stereocenters. The molecular weight excluding hydrogens is 528 g/mol. The van der Waals surface area contributed by atoms with Gasteiger partial charge in [0.05, 0.1) is 34.4 Å². The quantitative estimate of drug-likeness (QED) is 0.293. The molecule has 1 saturated carbocycles. The molecule has 5 rings (SSSR count). The third-order valence-corrected chi connectivity index (χ3v) is 7.18. The summed E-state index contributed by atoms with van der Waals surface area (Å²) in [6.07, 6.45) is 1.60. The summed E-state index contributed by atoms with van der Waals surface area (Å²) in [6.45, 7) is 1.86. The van der Waals surface area contributed by atoms with Crippen LogP contribution in [-0.4, -0.2) is 25.8 Å². The topological polar surface area (TPSA) is 116 Å². The minimum Gasteiger partial charge on any atom is -0.381 e. The highest BCUT2D eigenvalue weighted by molar-refractivity contribution is 5.86. The number of nitrogens with zero attached hydrogens (tertiary/aromatic N) is 4. The van der Waals surface area contributed by atoms with Gasteiger partial charge in [0.25, 0.3) is 11.1 Å². The van der Waals surface area contributed by atoms with Crippen molar-refractivity contribution in [3.05, 3.63) is 86.6 Å². The van der Waals surface area contributed by atoms with Crippen LogP contribution in [-0.2, 0) is 18.1 Å². The number of anilines is 1. The lowest BCUT2D eigenvalue weighted by Gasteiger charge is -2.18. The number of aromatic nitrogens is 4. The highest BCUT2D eigenvalue weighted by Gasteiger charge is 2.45. The highest BCUT2D eigenvalue weighted by Crippen LogP contribution is 2.47. The zero-order chi connectivity index (χ0) is 28.7. The number of fused-ring (bicyclic) bond motifs is 1. The Hall–Kier alpha value is -4.53. The number of pyridine rings is 2. The maximum atomic E-state index is 15.1. The van der Waals surface area contributed by atoms with Crippen LogP contribution in [0.3, 0.4) is 0 Å². The van der Waals surface area contributed by atoms with Crippen molar-refractivity contribution in [3.8, 4) is 17.3 Å². The molecule has 0 saturated heterocycles. The number of benzene rings is 1. The second kappa shape index (κ2) is 10.2. The molecule has 3 aromatic heterocycles. The fourth-order valence-corrected chi connectivity index (χ4v) is 4.82. The number of nitrogens with one attached hydrogen (secondary N) is 2. The summed E-state index contributed by atoms with van der Waals surface area (Å²) in [5, 5.41) is 17.6. The van der Waals surface area contributed by atoms with Gasteiger partial charge >= 0.3 is 6.18 Å². The molecule has 1 aliphatic carbocycles. The van der Waals surface area contributed by atoms with Crippen LogP contribution in [0.4, 0.5) is 23.2 Å². The van der Waals surface area contributed by atoms with Gasteiger partial charge < -0.3 is 9.88 Å². The Morgan fingerprint density at radius 1 is 1.20 bits per heavy atom. The Morgan fingerprint density at radius 3 is 2.62 bits per heavy atom. The lowest BCUT2D eigenvalue weighted by atomic mass is 9.98. The molecule has 40 heavy (non-hydrogen) atoms. The van der Waals surface area contributed by atoms with E-state index in [0.717, 1.165) is 24.6 Å². The van der Waals surface area contributed by atoms with Gasteiger partial charge in [-0.05, 0) is 67.8 Å². The molecular formula is C28H24F4N6O2. The summed E-state index contributed by atoms with van der Waals surface area (Å²) >= 11 is 0. The number of nitriles is 1. The van der Waals surface area contributed by atoms with Crippen LogP contribution >= 0.6 is 0 Å². The van der Waals surface area contributed by atoms with Gasteiger partial charge in [0.2, 0.25) is 0 Å². The lowest BCUT2D eigenvalue weighted by molar-refractivity contribution is -0.138. The van der Waals surface area contributed by atoms with E-state index in [1.54, 1.807) is 42.6 Å². The molecule has 206 valence electrons. The van der Waals surface area contributed by atoms with Gasteiger partial charge in [-0.15, -0.1) is 0 Å². The first-order valence-corrected chi connectivity index (χ1v) is 12.6. The molecule has 1 atom stereocenters. The molecule has 1 aromatic carbocycles. The predicted octanol–water partition coefficient (Wildman–Crippen LogP) is 5.14. The van der Waals surface area contributed by atoms with Crippen molar-refractivity contribution in [2.24, 2.45) is 0 Å². The molecule has 12 heteroatoms. The first-order chi connectivity index (χ1) is 19.0. The Bertz CT molecular complexity index is 1730. The number of aromatic amines is 1. The zero-order valence-electron chi connectivity index (χ0n) is 21.3. The smallest absolute Gasteiger partial charge is 0.381 e. The van der Waals surface area contributed by atoms with E-state index in [4.69, 9.17) is 0 Å². The van der Waals surface area contributed by atoms with Crippen molar-refractivity contribution < 1.29 is 17.6 Å². The Labute approximate surface area is 225 Å². The van der Waals surface area contributed by atoms with Gasteiger partial charge in [0, 0.05) is 30.5 Å². The number of H-pyrrole nitrogens is 1. The van der Waals surface area contributed by atoms with Crippen molar-refractivity contribution in [3.63, 3.8) is 0 Å². The first-order valence-electron chi connectivity index (χ1n) is 12.6. The normalized spacial score (nSPS) is 15.0. The second-order valence-electron chi connectivity index (χ2n) is 10.0. The summed E-state index contributed by atoms with van der Waals surface area (Å²) in [5.41, 5.74) is -2.24. The molecule has 1 aliphatic rings. The van der Waals surface area contributed by atoms with E-state index < -0.39 is 45.8 Å². The van der Waals surface area contributed by atoms with Gasteiger partial charge in [-0.1, -0.05) is 6.07 Å². The van der Waals surface area contributed by atoms with Gasteiger partial charge in [-0.25, -0.2) is 9.49 Å². The minimum atomic E-state index is -4.85. The van der Waals surface area contributed by atoms with E-state index in [0.29, 0.717) is 29.5 Å². The van der Waals surface area contributed by atoms with Gasteiger partial charge in [0.1, 0.15) is 11.4 Å². The van der Waals surface area contributed by atoms with Crippen LogP contribution in [0.1, 0.15) is 43.7 Å². The SMILES string of the molecule is CC(CCCn1ccc2cc(-c3ccc(C4(C#N)CC4)cn3)cc(F)c2c1=O)Nc1cn[nH]c(=O)c1C(F)(F)F. The lowest BCUT2D eigenvalue weighted by Crippen LogP contribution is -2.27. The third kappa shape index (κ3) is 5.19. The number of rotatable bonds is 8. The van der Waals surface area contributed by atoms with E-state index in [9.17, 15) is 28.0 Å². The largest absolute Gasteiger partial charge is 0.423 e. The average molecular weight is 553 g/mol. The molecule has 4 aromatic rings. The van der Waals surface area contributed by atoms with E-state index >= 15 is 4.39 Å². The van der Waals surface area contributed by atoms with Gasteiger partial charge in [-0.3, -0.25) is 14.6 Å². The molecule has 8 nitrogen and oxygen atoms in total. The summed E-state index contributed by atoms with van der Waals surface area (Å²) in [7, 11) is 0. The Kier molecular flexibility index (Phi) is 6.91. The molecule has 2 N–H and O–H groups in total. The van der Waals surface area contributed by atoms with E-state index in [-0.39, 0.29) is 11.9 Å². The standard InChI is InChI=1S/C28H24F4N6O2/c1-16(36-22-14-35-37-25(39)24(22)28(30,31)32)3-2-9-38-10-6-17-11-18(12-20(29)23(17)26(38)40)21-5-4-19(13-34-21)27(15-33)7-8-27/h4-6,10-14,16H,2-3,7-9H2,1H3,(H2,36,37,39). The molecule has 0 bridgehead atoms. The fourth-order valence-electron chi connectivity index (χ4n) is 4.82. The van der Waals surface area contributed by atoms with Crippen LogP contribution in [0.5, 0.6) is 0 Å². The summed E-state index contributed by atoms with van der Waals surface area (Å²) in [5.74, 6) is -0.690. The number of hydrogen-bond donors (Lipinski definition) is 2.